The molecule has 1 N–H and O–H groups in total. The van der Waals surface area contributed by atoms with Crippen LogP contribution in [0.15, 0.2) is 5.51 Å². The Labute approximate surface area is 112 Å². The molecule has 2 rings (SSSR count). The number of piperidine rings is 1. The molecular formula is C11H19N3O2S2. The van der Waals surface area contributed by atoms with Crippen LogP contribution in [0.2, 0.25) is 0 Å². The Kier molecular flexibility index (Phi) is 4.37. The van der Waals surface area contributed by atoms with E-state index in [2.05, 4.69) is 10.3 Å². The molecule has 0 spiro atoms. The minimum Gasteiger partial charge on any atom is -0.317 e. The maximum atomic E-state index is 12.4. The van der Waals surface area contributed by atoms with Crippen LogP contribution < -0.4 is 5.32 Å². The Bertz CT molecular complexity index is 492. The zero-order valence-electron chi connectivity index (χ0n) is 10.7. The maximum Gasteiger partial charge on any atom is 0.217 e. The smallest absolute Gasteiger partial charge is 0.217 e. The SMILES string of the molecule is Cc1ncsc1CN(C)S(=O)(=O)C1CCNCC1. The van der Waals surface area contributed by atoms with Gasteiger partial charge in [-0.1, -0.05) is 0 Å². The Morgan fingerprint density at radius 3 is 2.72 bits per heavy atom. The van der Waals surface area contributed by atoms with Crippen LogP contribution in [-0.4, -0.2) is 43.1 Å². The Morgan fingerprint density at radius 2 is 2.17 bits per heavy atom. The van der Waals surface area contributed by atoms with E-state index in [1.54, 1.807) is 12.6 Å². The lowest BCUT2D eigenvalue weighted by Crippen LogP contribution is -2.42. The van der Waals surface area contributed by atoms with Crippen molar-refractivity contribution in [1.82, 2.24) is 14.6 Å². The van der Waals surface area contributed by atoms with Crippen LogP contribution in [0.25, 0.3) is 0 Å². The van der Waals surface area contributed by atoms with Crippen LogP contribution in [0.4, 0.5) is 0 Å². The third-order valence-electron chi connectivity index (χ3n) is 3.35. The van der Waals surface area contributed by atoms with Crippen LogP contribution >= 0.6 is 11.3 Å². The molecule has 7 heteroatoms. The van der Waals surface area contributed by atoms with Gasteiger partial charge in [0.1, 0.15) is 0 Å². The number of hydrogen-bond acceptors (Lipinski definition) is 5. The second kappa shape index (κ2) is 5.64. The summed E-state index contributed by atoms with van der Waals surface area (Å²) in [6, 6.07) is 0. The number of thiazole rings is 1. The molecule has 0 atom stereocenters. The molecule has 1 saturated heterocycles. The van der Waals surface area contributed by atoms with Crippen molar-refractivity contribution in [1.29, 1.82) is 0 Å². The predicted octanol–water partition coefficient (Wildman–Crippen LogP) is 0.965. The van der Waals surface area contributed by atoms with Gasteiger partial charge in [-0.15, -0.1) is 11.3 Å². The average Bonchev–Trinajstić information content (AvgIpc) is 2.76. The van der Waals surface area contributed by atoms with Gasteiger partial charge in [0.05, 0.1) is 16.5 Å². The van der Waals surface area contributed by atoms with Gasteiger partial charge in [-0.05, 0) is 32.9 Å². The molecule has 18 heavy (non-hydrogen) atoms. The molecule has 0 radical (unpaired) electrons. The molecule has 0 saturated carbocycles. The van der Waals surface area contributed by atoms with Crippen LogP contribution in [0.3, 0.4) is 0 Å². The van der Waals surface area contributed by atoms with Gasteiger partial charge in [0.2, 0.25) is 10.0 Å². The molecule has 5 nitrogen and oxygen atoms in total. The number of nitrogens with zero attached hydrogens (tertiary/aromatic N) is 2. The summed E-state index contributed by atoms with van der Waals surface area (Å²) in [7, 11) is -1.52. The van der Waals surface area contributed by atoms with E-state index in [1.165, 1.54) is 15.6 Å². The maximum absolute atomic E-state index is 12.4. The van der Waals surface area contributed by atoms with E-state index < -0.39 is 10.0 Å². The third kappa shape index (κ3) is 2.90. The first kappa shape index (κ1) is 13.9. The minimum atomic E-state index is -3.18. The lowest BCUT2D eigenvalue weighted by molar-refractivity contribution is 0.429. The molecule has 0 aromatic carbocycles. The van der Waals surface area contributed by atoms with Crippen molar-refractivity contribution in [3.8, 4) is 0 Å². The standard InChI is InChI=1S/C11H19N3O2S2/c1-9-11(17-8-13-9)7-14(2)18(15,16)10-3-5-12-6-4-10/h8,10,12H,3-7H2,1-2H3. The highest BCUT2D eigenvalue weighted by Crippen LogP contribution is 2.21. The number of sulfonamides is 1. The highest BCUT2D eigenvalue weighted by Gasteiger charge is 2.31. The quantitative estimate of drug-likeness (QED) is 0.897. The van der Waals surface area contributed by atoms with Gasteiger partial charge >= 0.3 is 0 Å². The number of nitrogens with one attached hydrogen (secondary N) is 1. The van der Waals surface area contributed by atoms with E-state index in [0.717, 1.165) is 23.7 Å². The topological polar surface area (TPSA) is 62.3 Å². The number of rotatable bonds is 4. The highest BCUT2D eigenvalue weighted by molar-refractivity contribution is 7.89. The van der Waals surface area contributed by atoms with Crippen molar-refractivity contribution in [3.63, 3.8) is 0 Å². The van der Waals surface area contributed by atoms with Crippen LogP contribution in [0, 0.1) is 6.92 Å². The van der Waals surface area contributed by atoms with Gasteiger partial charge in [-0.25, -0.2) is 13.4 Å². The second-order valence-electron chi connectivity index (χ2n) is 4.61. The highest BCUT2D eigenvalue weighted by atomic mass is 32.2. The fourth-order valence-electron chi connectivity index (χ4n) is 2.12. The van der Waals surface area contributed by atoms with Gasteiger partial charge in [-0.3, -0.25) is 0 Å². The summed E-state index contributed by atoms with van der Waals surface area (Å²) < 4.78 is 26.3. The lowest BCUT2D eigenvalue weighted by atomic mass is 10.2. The van der Waals surface area contributed by atoms with Crippen molar-refractivity contribution in [2.45, 2.75) is 31.6 Å². The number of hydrogen-bond donors (Lipinski definition) is 1. The second-order valence-corrected chi connectivity index (χ2v) is 7.87. The normalized spacial score (nSPS) is 18.4. The van der Waals surface area contributed by atoms with Gasteiger partial charge in [0.25, 0.3) is 0 Å². The largest absolute Gasteiger partial charge is 0.317 e. The Hall–Kier alpha value is -0.500. The number of aromatic nitrogens is 1. The van der Waals surface area contributed by atoms with Crippen molar-refractivity contribution in [2.24, 2.45) is 0 Å². The molecule has 0 unspecified atom stereocenters. The van der Waals surface area contributed by atoms with Crippen molar-refractivity contribution in [3.05, 3.63) is 16.1 Å². The van der Waals surface area contributed by atoms with Crippen LogP contribution in [0.5, 0.6) is 0 Å². The molecule has 1 aliphatic rings. The molecule has 1 aromatic rings. The first-order valence-electron chi connectivity index (χ1n) is 6.06. The summed E-state index contributed by atoms with van der Waals surface area (Å²) in [4.78, 5) is 5.17. The van der Waals surface area contributed by atoms with E-state index in [9.17, 15) is 8.42 Å². The third-order valence-corrected chi connectivity index (χ3v) is 6.58. The van der Waals surface area contributed by atoms with E-state index >= 15 is 0 Å². The Morgan fingerprint density at radius 1 is 1.50 bits per heavy atom. The van der Waals surface area contributed by atoms with E-state index in [4.69, 9.17) is 0 Å². The zero-order chi connectivity index (χ0) is 13.2. The van der Waals surface area contributed by atoms with E-state index in [0.29, 0.717) is 19.4 Å². The molecule has 102 valence electrons. The van der Waals surface area contributed by atoms with Crippen molar-refractivity contribution >= 4 is 21.4 Å². The molecule has 2 heterocycles. The van der Waals surface area contributed by atoms with Gasteiger partial charge in [0.15, 0.2) is 0 Å². The van der Waals surface area contributed by atoms with Crippen molar-refractivity contribution in [2.75, 3.05) is 20.1 Å². The lowest BCUT2D eigenvalue weighted by Gasteiger charge is -2.27. The Balaban J connectivity index is 2.07. The zero-order valence-corrected chi connectivity index (χ0v) is 12.4. The van der Waals surface area contributed by atoms with Gasteiger partial charge in [0, 0.05) is 18.5 Å². The summed E-state index contributed by atoms with van der Waals surface area (Å²) in [5, 5.41) is 2.95. The van der Waals surface area contributed by atoms with Gasteiger partial charge in [-0.2, -0.15) is 4.31 Å². The van der Waals surface area contributed by atoms with E-state index in [1.807, 2.05) is 6.92 Å². The number of aryl methyl sites for hydroxylation is 1. The van der Waals surface area contributed by atoms with Crippen LogP contribution in [-0.2, 0) is 16.6 Å². The molecule has 0 aliphatic carbocycles. The monoisotopic (exact) mass is 289 g/mol. The van der Waals surface area contributed by atoms with Crippen LogP contribution in [0.1, 0.15) is 23.4 Å². The van der Waals surface area contributed by atoms with E-state index in [-0.39, 0.29) is 5.25 Å². The summed E-state index contributed by atoms with van der Waals surface area (Å²) >= 11 is 1.51. The molecule has 1 aliphatic heterocycles. The molecule has 1 aromatic heterocycles. The first-order valence-corrected chi connectivity index (χ1v) is 8.45. The van der Waals surface area contributed by atoms with Crippen molar-refractivity contribution < 1.29 is 8.42 Å². The molecular weight excluding hydrogens is 270 g/mol. The summed E-state index contributed by atoms with van der Waals surface area (Å²) in [5.41, 5.74) is 2.68. The van der Waals surface area contributed by atoms with Gasteiger partial charge < -0.3 is 5.32 Å². The fraction of sp³-hybridized carbons (Fsp3) is 0.727. The molecule has 0 amide bonds. The average molecular weight is 289 g/mol. The molecule has 1 fully saturated rings. The molecule has 0 bridgehead atoms. The summed E-state index contributed by atoms with van der Waals surface area (Å²) in [5.74, 6) is 0. The summed E-state index contributed by atoms with van der Waals surface area (Å²) in [6.07, 6.45) is 1.41. The summed E-state index contributed by atoms with van der Waals surface area (Å²) in [6.45, 7) is 3.92. The first-order chi connectivity index (χ1) is 8.51. The fourth-order valence-corrected chi connectivity index (χ4v) is 4.68. The predicted molar refractivity (Wildman–Crippen MR) is 73.1 cm³/mol. The minimum absolute atomic E-state index is 0.239.